The number of halogens is 5. The van der Waals surface area contributed by atoms with Gasteiger partial charge in [0.05, 0.1) is 0 Å². The van der Waals surface area contributed by atoms with E-state index >= 15 is 0 Å². The van der Waals surface area contributed by atoms with Crippen molar-refractivity contribution in [3.8, 4) is 0 Å². The van der Waals surface area contributed by atoms with E-state index in [1.54, 1.807) is 0 Å². The molecule has 0 amide bonds. The molecule has 13 heteroatoms. The van der Waals surface area contributed by atoms with E-state index in [0.29, 0.717) is 0 Å². The molecule has 0 aromatic rings. The first-order valence-corrected chi connectivity index (χ1v) is 5.19. The topological polar surface area (TPSA) is 91.3 Å². The van der Waals surface area contributed by atoms with Gasteiger partial charge in [0.25, 0.3) is 0 Å². The summed E-state index contributed by atoms with van der Waals surface area (Å²) in [6.07, 6.45) is 0. The van der Waals surface area contributed by atoms with Crippen LogP contribution in [-0.2, 0) is 20.3 Å². The van der Waals surface area contributed by atoms with Gasteiger partial charge < -0.3 is 4.55 Å². The van der Waals surface area contributed by atoms with Crippen molar-refractivity contribution in [3.63, 3.8) is 0 Å². The van der Waals surface area contributed by atoms with Crippen molar-refractivity contribution in [1.29, 1.82) is 0 Å². The molecule has 0 aromatic heterocycles. The van der Waals surface area contributed by atoms with Crippen molar-refractivity contribution in [1.82, 2.24) is 0 Å². The Morgan fingerprint density at radius 3 is 1.20 bits per heavy atom. The van der Waals surface area contributed by atoms with Crippen LogP contribution in [0.4, 0.5) is 21.4 Å². The van der Waals surface area contributed by atoms with Crippen LogP contribution in [0, 0.1) is 0 Å². The number of alkyl halides is 4. The summed E-state index contributed by atoms with van der Waals surface area (Å²) < 4.78 is 107. The van der Waals surface area contributed by atoms with Gasteiger partial charge in [0.15, 0.2) is 10.1 Å². The van der Waals surface area contributed by atoms with Gasteiger partial charge in [-0.05, 0) is 0 Å². The van der Waals surface area contributed by atoms with Crippen LogP contribution in [0.1, 0.15) is 0 Å². The van der Waals surface area contributed by atoms with Gasteiger partial charge >= 0.3 is 72.1 Å². The molecule has 15 heavy (non-hydrogen) atoms. The second-order valence-electron chi connectivity index (χ2n) is 1.93. The Labute approximate surface area is 123 Å². The molecule has 0 saturated carbocycles. The Bertz CT molecular complexity index is 382. The first-order valence-electron chi connectivity index (χ1n) is 2.40. The quantitative estimate of drug-likeness (QED) is 0.240. The van der Waals surface area contributed by atoms with Crippen LogP contribution in [0.15, 0.2) is 0 Å². The summed E-state index contributed by atoms with van der Waals surface area (Å²) in [6.45, 7) is 0. The standard InChI is InChI=1S/C2HF5O5S2.K/c3-1(4,13(7,8)9)2(5,6)14(10,11)12;/h(H,10,11,12);/q;+1/p-1. The molecule has 0 aliphatic heterocycles. The van der Waals surface area contributed by atoms with E-state index in [-0.39, 0.29) is 51.4 Å². The molecule has 0 saturated heterocycles. The third-order valence-corrected chi connectivity index (χ3v) is 2.84. The molecule has 0 bridgehead atoms. The SMILES string of the molecule is O=S(=O)([O-])C(F)(F)C(F)(F)S(=O)(=O)F.[K+]. The second kappa shape index (κ2) is 4.79. The Balaban J connectivity index is 0. The smallest absolute Gasteiger partial charge is 0.743 e. The summed E-state index contributed by atoms with van der Waals surface area (Å²) in [5.74, 6) is 0. The van der Waals surface area contributed by atoms with Crippen LogP contribution in [-0.4, -0.2) is 31.9 Å². The summed E-state index contributed by atoms with van der Waals surface area (Å²) in [6, 6.07) is 0. The molecule has 0 radical (unpaired) electrons. The van der Waals surface area contributed by atoms with Crippen LogP contribution in [0.3, 0.4) is 0 Å². The molecule has 0 rings (SSSR count). The van der Waals surface area contributed by atoms with Crippen molar-refractivity contribution >= 4 is 20.3 Å². The van der Waals surface area contributed by atoms with Crippen molar-refractivity contribution < 1.29 is 94.2 Å². The molecule has 0 heterocycles. The zero-order chi connectivity index (χ0) is 12.0. The van der Waals surface area contributed by atoms with Crippen LogP contribution < -0.4 is 51.4 Å². The first-order chi connectivity index (χ1) is 5.75. The maximum absolute atomic E-state index is 11.9. The molecule has 0 aromatic carbocycles. The maximum Gasteiger partial charge on any atom is 1.00 e. The van der Waals surface area contributed by atoms with Gasteiger partial charge in [0.2, 0.25) is 0 Å². The van der Waals surface area contributed by atoms with Crippen LogP contribution in [0.2, 0.25) is 0 Å². The van der Waals surface area contributed by atoms with Crippen molar-refractivity contribution in [3.05, 3.63) is 0 Å². The summed E-state index contributed by atoms with van der Waals surface area (Å²) >= 11 is 0. The van der Waals surface area contributed by atoms with Gasteiger partial charge in [-0.25, -0.2) is 8.42 Å². The molecule has 0 fully saturated rings. The molecule has 0 unspecified atom stereocenters. The predicted octanol–water partition coefficient (Wildman–Crippen LogP) is -2.98. The number of rotatable bonds is 3. The third-order valence-electron chi connectivity index (χ3n) is 0.959. The first kappa shape index (κ1) is 18.5. The Morgan fingerprint density at radius 2 is 1.13 bits per heavy atom. The summed E-state index contributed by atoms with van der Waals surface area (Å²) in [5, 5.41) is -13.2. The molecule has 0 atom stereocenters. The van der Waals surface area contributed by atoms with Gasteiger partial charge in [-0.2, -0.15) is 26.0 Å². The second-order valence-corrected chi connectivity index (χ2v) is 4.73. The van der Waals surface area contributed by atoms with Gasteiger partial charge in [0.1, 0.15) is 0 Å². The van der Waals surface area contributed by atoms with Crippen LogP contribution in [0.25, 0.3) is 0 Å². The fourth-order valence-corrected chi connectivity index (χ4v) is 1.47. The number of hydrogen-bond donors (Lipinski definition) is 0. The normalized spacial score (nSPS) is 14.5. The van der Waals surface area contributed by atoms with Crippen molar-refractivity contribution in [2.75, 3.05) is 0 Å². The van der Waals surface area contributed by atoms with Crippen LogP contribution in [0.5, 0.6) is 0 Å². The molecule has 0 N–H and O–H groups in total. The monoisotopic (exact) mass is 302 g/mol. The molecular formula is C2F5KO5S2. The van der Waals surface area contributed by atoms with Gasteiger partial charge in [-0.1, -0.05) is 3.89 Å². The van der Waals surface area contributed by atoms with Crippen LogP contribution >= 0.6 is 0 Å². The predicted molar refractivity (Wildman–Crippen MR) is 29.6 cm³/mol. The molecule has 0 spiro atoms. The van der Waals surface area contributed by atoms with E-state index in [2.05, 4.69) is 0 Å². The van der Waals surface area contributed by atoms with Gasteiger partial charge in [-0.15, -0.1) is 0 Å². The zero-order valence-corrected chi connectivity index (χ0v) is 11.5. The van der Waals surface area contributed by atoms with E-state index in [4.69, 9.17) is 0 Å². The minimum Gasteiger partial charge on any atom is -0.743 e. The molecule has 86 valence electrons. The minimum atomic E-state index is -7.21. The molecular weight excluding hydrogens is 302 g/mol. The molecule has 5 nitrogen and oxygen atoms in total. The van der Waals surface area contributed by atoms with E-state index in [1.807, 2.05) is 0 Å². The van der Waals surface area contributed by atoms with Crippen molar-refractivity contribution in [2.24, 2.45) is 0 Å². The zero-order valence-electron chi connectivity index (χ0n) is 6.75. The van der Waals surface area contributed by atoms with Crippen molar-refractivity contribution in [2.45, 2.75) is 10.5 Å². The summed E-state index contributed by atoms with van der Waals surface area (Å²) in [5.41, 5.74) is 0. The Kier molecular flexibility index (Phi) is 5.92. The maximum atomic E-state index is 11.9. The Hall–Kier alpha value is 1.15. The number of hydrogen-bond acceptors (Lipinski definition) is 5. The van der Waals surface area contributed by atoms with E-state index in [0.717, 1.165) is 0 Å². The fraction of sp³-hybridized carbons (Fsp3) is 1.00. The van der Waals surface area contributed by atoms with Gasteiger partial charge in [-0.3, -0.25) is 0 Å². The average Bonchev–Trinajstić information content (AvgIpc) is 1.81. The third kappa shape index (κ3) is 3.30. The molecule has 0 aliphatic carbocycles. The summed E-state index contributed by atoms with van der Waals surface area (Å²) in [7, 11) is -14.2. The average molecular weight is 302 g/mol. The van der Waals surface area contributed by atoms with E-state index in [9.17, 15) is 42.8 Å². The largest absolute Gasteiger partial charge is 1.00 e. The fourth-order valence-electron chi connectivity index (χ4n) is 0.287. The Morgan fingerprint density at radius 1 is 0.867 bits per heavy atom. The minimum absolute atomic E-state index is 0. The summed E-state index contributed by atoms with van der Waals surface area (Å²) in [4.78, 5) is 0. The van der Waals surface area contributed by atoms with Gasteiger partial charge in [0, 0.05) is 0 Å². The van der Waals surface area contributed by atoms with E-state index < -0.39 is 30.9 Å². The molecule has 0 aliphatic rings. The van der Waals surface area contributed by atoms with E-state index in [1.165, 1.54) is 0 Å².